The van der Waals surface area contributed by atoms with E-state index in [-0.39, 0.29) is 5.91 Å². The lowest BCUT2D eigenvalue weighted by Crippen LogP contribution is -2.28. The fourth-order valence-corrected chi connectivity index (χ4v) is 1.78. The van der Waals surface area contributed by atoms with Crippen LogP contribution in [0.5, 0.6) is 5.75 Å². The van der Waals surface area contributed by atoms with Crippen LogP contribution >= 0.6 is 0 Å². The van der Waals surface area contributed by atoms with E-state index in [1.807, 2.05) is 43.3 Å². The molecule has 0 radical (unpaired) electrons. The van der Waals surface area contributed by atoms with Gasteiger partial charge in [0.2, 0.25) is 0 Å². The average molecular weight is 285 g/mol. The third kappa shape index (κ3) is 4.49. The number of aryl methyl sites for hydroxylation is 1. The van der Waals surface area contributed by atoms with Gasteiger partial charge >= 0.3 is 0 Å². The van der Waals surface area contributed by atoms with E-state index in [9.17, 15) is 4.79 Å². The first-order chi connectivity index (χ1) is 10.2. The van der Waals surface area contributed by atoms with Crippen LogP contribution < -0.4 is 15.4 Å². The number of methoxy groups -OCH3 is 1. The second-order valence-electron chi connectivity index (χ2n) is 4.63. The molecule has 0 aliphatic rings. The minimum atomic E-state index is -0.0699. The van der Waals surface area contributed by atoms with Crippen molar-refractivity contribution in [3.63, 3.8) is 0 Å². The number of pyridine rings is 1. The molecule has 1 aromatic carbocycles. The smallest absolute Gasteiger partial charge is 0.251 e. The molecule has 0 saturated carbocycles. The number of amides is 1. The summed E-state index contributed by atoms with van der Waals surface area (Å²) >= 11 is 0. The predicted molar refractivity (Wildman–Crippen MR) is 82.8 cm³/mol. The molecule has 0 saturated heterocycles. The molecule has 0 spiro atoms. The third-order valence-electron chi connectivity index (χ3n) is 3.00. The first-order valence-corrected chi connectivity index (χ1v) is 6.78. The topological polar surface area (TPSA) is 63.2 Å². The van der Waals surface area contributed by atoms with Gasteiger partial charge in [-0.1, -0.05) is 17.7 Å². The van der Waals surface area contributed by atoms with Crippen molar-refractivity contribution in [2.24, 2.45) is 0 Å². The second-order valence-corrected chi connectivity index (χ2v) is 4.63. The van der Waals surface area contributed by atoms with Crippen LogP contribution in [-0.4, -0.2) is 31.1 Å². The second kappa shape index (κ2) is 7.28. The zero-order chi connectivity index (χ0) is 15.1. The van der Waals surface area contributed by atoms with Gasteiger partial charge in [-0.2, -0.15) is 0 Å². The Morgan fingerprint density at radius 1 is 1.14 bits per heavy atom. The van der Waals surface area contributed by atoms with Crippen molar-refractivity contribution in [2.45, 2.75) is 6.92 Å². The summed E-state index contributed by atoms with van der Waals surface area (Å²) in [4.78, 5) is 16.1. The van der Waals surface area contributed by atoms with Crippen molar-refractivity contribution in [1.29, 1.82) is 0 Å². The van der Waals surface area contributed by atoms with Crippen molar-refractivity contribution < 1.29 is 9.53 Å². The van der Waals surface area contributed by atoms with Crippen molar-refractivity contribution in [3.05, 3.63) is 53.7 Å². The van der Waals surface area contributed by atoms with Gasteiger partial charge in [0.05, 0.1) is 13.3 Å². The van der Waals surface area contributed by atoms with Crippen LogP contribution in [0.15, 0.2) is 42.6 Å². The highest BCUT2D eigenvalue weighted by molar-refractivity contribution is 5.94. The van der Waals surface area contributed by atoms with Gasteiger partial charge in [-0.3, -0.25) is 4.79 Å². The van der Waals surface area contributed by atoms with Crippen molar-refractivity contribution in [3.8, 4) is 5.75 Å². The third-order valence-corrected chi connectivity index (χ3v) is 3.00. The predicted octanol–water partition coefficient (Wildman–Crippen LogP) is 2.24. The monoisotopic (exact) mass is 285 g/mol. The number of nitrogens with one attached hydrogen (secondary N) is 2. The van der Waals surface area contributed by atoms with Crippen LogP contribution in [0.1, 0.15) is 15.9 Å². The van der Waals surface area contributed by atoms with Gasteiger partial charge in [0.25, 0.3) is 5.91 Å². The summed E-state index contributed by atoms with van der Waals surface area (Å²) in [5, 5.41) is 5.99. The van der Waals surface area contributed by atoms with E-state index in [4.69, 9.17) is 4.74 Å². The average Bonchev–Trinajstić information content (AvgIpc) is 2.52. The zero-order valence-electron chi connectivity index (χ0n) is 12.2. The van der Waals surface area contributed by atoms with Crippen molar-refractivity contribution >= 4 is 11.7 Å². The van der Waals surface area contributed by atoms with Crippen molar-refractivity contribution in [2.75, 3.05) is 25.5 Å². The Kier molecular flexibility index (Phi) is 5.15. The van der Waals surface area contributed by atoms with Crippen LogP contribution in [0.2, 0.25) is 0 Å². The Morgan fingerprint density at radius 2 is 1.90 bits per heavy atom. The number of rotatable bonds is 6. The van der Waals surface area contributed by atoms with Gasteiger partial charge in [-0.25, -0.2) is 4.98 Å². The molecule has 0 bridgehead atoms. The summed E-state index contributed by atoms with van der Waals surface area (Å²) < 4.78 is 5.04. The van der Waals surface area contributed by atoms with Gasteiger partial charge in [0, 0.05) is 18.7 Å². The maximum absolute atomic E-state index is 11.9. The maximum Gasteiger partial charge on any atom is 0.251 e. The van der Waals surface area contributed by atoms with Gasteiger partial charge in [-0.15, -0.1) is 0 Å². The molecule has 0 aliphatic carbocycles. The maximum atomic E-state index is 11.9. The molecular formula is C16H19N3O2. The summed E-state index contributed by atoms with van der Waals surface area (Å²) in [5.74, 6) is 1.40. The lowest BCUT2D eigenvalue weighted by Gasteiger charge is -2.08. The standard InChI is InChI=1S/C16H19N3O2/c1-12-3-5-13(6-4-12)16(20)18-10-9-17-15-8-7-14(21-2)11-19-15/h3-8,11H,9-10H2,1-2H3,(H,17,19)(H,18,20). The Bertz CT molecular complexity index is 579. The minimum absolute atomic E-state index is 0.0699. The number of nitrogens with zero attached hydrogens (tertiary/aromatic N) is 1. The lowest BCUT2D eigenvalue weighted by atomic mass is 10.1. The van der Waals surface area contributed by atoms with Gasteiger partial charge in [0.15, 0.2) is 0 Å². The number of carbonyl (C=O) groups is 1. The van der Waals surface area contributed by atoms with Crippen molar-refractivity contribution in [1.82, 2.24) is 10.3 Å². The molecule has 1 amide bonds. The lowest BCUT2D eigenvalue weighted by molar-refractivity contribution is 0.0955. The number of carbonyl (C=O) groups excluding carboxylic acids is 1. The quantitative estimate of drug-likeness (QED) is 0.799. The first-order valence-electron chi connectivity index (χ1n) is 6.78. The Hall–Kier alpha value is -2.56. The number of hydrogen-bond acceptors (Lipinski definition) is 4. The number of ether oxygens (including phenoxy) is 1. The van der Waals surface area contributed by atoms with Gasteiger partial charge in [0.1, 0.15) is 11.6 Å². The van der Waals surface area contributed by atoms with E-state index in [1.54, 1.807) is 13.3 Å². The highest BCUT2D eigenvalue weighted by Gasteiger charge is 2.03. The van der Waals surface area contributed by atoms with Gasteiger partial charge < -0.3 is 15.4 Å². The van der Waals surface area contributed by atoms with Gasteiger partial charge in [-0.05, 0) is 31.2 Å². The molecule has 21 heavy (non-hydrogen) atoms. The highest BCUT2D eigenvalue weighted by atomic mass is 16.5. The Morgan fingerprint density at radius 3 is 2.52 bits per heavy atom. The molecule has 2 N–H and O–H groups in total. The molecule has 0 aliphatic heterocycles. The Labute approximate surface area is 124 Å². The Balaban J connectivity index is 1.73. The number of aromatic nitrogens is 1. The fraction of sp³-hybridized carbons (Fsp3) is 0.250. The largest absolute Gasteiger partial charge is 0.495 e. The summed E-state index contributed by atoms with van der Waals surface area (Å²) in [5.41, 5.74) is 1.81. The van der Waals surface area contributed by atoms with Crippen LogP contribution in [0.3, 0.4) is 0 Å². The highest BCUT2D eigenvalue weighted by Crippen LogP contribution is 2.10. The van der Waals surface area contributed by atoms with Crippen LogP contribution in [0.4, 0.5) is 5.82 Å². The molecular weight excluding hydrogens is 266 g/mol. The van der Waals surface area contributed by atoms with E-state index < -0.39 is 0 Å². The van der Waals surface area contributed by atoms with E-state index in [0.717, 1.165) is 11.4 Å². The number of anilines is 1. The molecule has 5 heteroatoms. The first kappa shape index (κ1) is 14.8. The summed E-state index contributed by atoms with van der Waals surface area (Å²) in [6.07, 6.45) is 1.65. The molecule has 0 atom stereocenters. The molecule has 5 nitrogen and oxygen atoms in total. The molecule has 1 heterocycles. The molecule has 0 unspecified atom stereocenters. The van der Waals surface area contributed by atoms with Crippen LogP contribution in [0.25, 0.3) is 0 Å². The summed E-state index contributed by atoms with van der Waals surface area (Å²) in [6.45, 7) is 3.13. The molecule has 0 fully saturated rings. The zero-order valence-corrected chi connectivity index (χ0v) is 12.2. The normalized spacial score (nSPS) is 10.0. The van der Waals surface area contributed by atoms with E-state index in [1.165, 1.54) is 0 Å². The summed E-state index contributed by atoms with van der Waals surface area (Å²) in [6, 6.07) is 11.2. The minimum Gasteiger partial charge on any atom is -0.495 e. The number of benzene rings is 1. The summed E-state index contributed by atoms with van der Waals surface area (Å²) in [7, 11) is 1.60. The van der Waals surface area contributed by atoms with Crippen LogP contribution in [0, 0.1) is 6.92 Å². The number of hydrogen-bond donors (Lipinski definition) is 2. The van der Waals surface area contributed by atoms with E-state index >= 15 is 0 Å². The van der Waals surface area contributed by atoms with Crippen LogP contribution in [-0.2, 0) is 0 Å². The molecule has 110 valence electrons. The van der Waals surface area contributed by atoms with E-state index in [0.29, 0.717) is 24.4 Å². The fourth-order valence-electron chi connectivity index (χ4n) is 1.78. The molecule has 2 rings (SSSR count). The molecule has 2 aromatic rings. The molecule has 1 aromatic heterocycles. The van der Waals surface area contributed by atoms with E-state index in [2.05, 4.69) is 15.6 Å². The SMILES string of the molecule is COc1ccc(NCCNC(=O)c2ccc(C)cc2)nc1.